The number of alkyl halides is 3. The molecule has 0 radical (unpaired) electrons. The van der Waals surface area contributed by atoms with Crippen LogP contribution >= 0.6 is 23.2 Å². The maximum absolute atomic E-state index is 14.6. The van der Waals surface area contributed by atoms with Crippen molar-refractivity contribution in [1.29, 1.82) is 0 Å². The van der Waals surface area contributed by atoms with E-state index < -0.39 is 29.4 Å². The van der Waals surface area contributed by atoms with E-state index in [9.17, 15) is 26.7 Å². The molecule has 1 aromatic heterocycles. The fourth-order valence-corrected chi connectivity index (χ4v) is 3.24. The number of halogens is 7. The third-order valence-corrected chi connectivity index (χ3v) is 4.65. The van der Waals surface area contributed by atoms with Crippen molar-refractivity contribution in [3.8, 4) is 11.1 Å². The largest absolute Gasteiger partial charge is 0.433 e. The van der Waals surface area contributed by atoms with Gasteiger partial charge in [0.1, 0.15) is 17.3 Å². The third kappa shape index (κ3) is 4.71. The molecule has 0 saturated carbocycles. The molecule has 1 N–H and O–H groups in total. The standard InChI is InChI=1S/C20H11Cl2F5N2O/c1-9-4-11(6-18(28-9)20(25,26)27)29-19(30)14-8-17(24)13(7-16(14)22)12-3-2-10(23)5-15(12)21/h2-8H,1H3,(H,28,29,30). The van der Waals surface area contributed by atoms with E-state index in [0.717, 1.165) is 24.3 Å². The van der Waals surface area contributed by atoms with E-state index in [2.05, 4.69) is 10.3 Å². The fourth-order valence-electron chi connectivity index (χ4n) is 2.72. The summed E-state index contributed by atoms with van der Waals surface area (Å²) in [6.45, 7) is 1.33. The summed E-state index contributed by atoms with van der Waals surface area (Å²) in [7, 11) is 0. The van der Waals surface area contributed by atoms with Crippen molar-refractivity contribution in [3.63, 3.8) is 0 Å². The lowest BCUT2D eigenvalue weighted by Gasteiger charge is -2.13. The maximum Gasteiger partial charge on any atom is 0.433 e. The van der Waals surface area contributed by atoms with Crippen LogP contribution in [0, 0.1) is 18.6 Å². The minimum atomic E-state index is -4.70. The Hall–Kier alpha value is -2.71. The lowest BCUT2D eigenvalue weighted by atomic mass is 10.0. The Morgan fingerprint density at radius 3 is 2.30 bits per heavy atom. The molecule has 30 heavy (non-hydrogen) atoms. The maximum atomic E-state index is 14.6. The van der Waals surface area contributed by atoms with Gasteiger partial charge in [-0.2, -0.15) is 13.2 Å². The van der Waals surface area contributed by atoms with Crippen LogP contribution in [0.15, 0.2) is 42.5 Å². The van der Waals surface area contributed by atoms with E-state index in [1.165, 1.54) is 19.1 Å². The molecule has 1 amide bonds. The summed E-state index contributed by atoms with van der Waals surface area (Å²) < 4.78 is 66.6. The zero-order chi connectivity index (χ0) is 22.2. The van der Waals surface area contributed by atoms with Crippen molar-refractivity contribution in [2.24, 2.45) is 0 Å². The van der Waals surface area contributed by atoms with Gasteiger partial charge in [-0.15, -0.1) is 0 Å². The quantitative estimate of drug-likeness (QED) is 0.431. The number of benzene rings is 2. The second-order valence-corrected chi connectivity index (χ2v) is 7.08. The van der Waals surface area contributed by atoms with Crippen LogP contribution in [0.2, 0.25) is 10.0 Å². The molecule has 1 heterocycles. The molecule has 0 atom stereocenters. The van der Waals surface area contributed by atoms with Gasteiger partial charge in [0.15, 0.2) is 0 Å². The van der Waals surface area contributed by atoms with Gasteiger partial charge in [0, 0.05) is 22.5 Å². The Bertz CT molecular complexity index is 1150. The molecule has 3 rings (SSSR count). The first-order chi connectivity index (χ1) is 14.0. The number of nitrogens with one attached hydrogen (secondary N) is 1. The summed E-state index contributed by atoms with van der Waals surface area (Å²) in [5.41, 5.74) is -1.55. The van der Waals surface area contributed by atoms with Crippen molar-refractivity contribution >= 4 is 34.8 Å². The van der Waals surface area contributed by atoms with Crippen LogP contribution in [0.4, 0.5) is 27.6 Å². The second-order valence-electron chi connectivity index (χ2n) is 6.27. The molecule has 0 saturated heterocycles. The normalized spacial score (nSPS) is 11.5. The van der Waals surface area contributed by atoms with Crippen molar-refractivity contribution in [1.82, 2.24) is 4.98 Å². The molecule has 0 spiro atoms. The predicted molar refractivity (Wildman–Crippen MR) is 104 cm³/mol. The number of amides is 1. The van der Waals surface area contributed by atoms with E-state index in [1.807, 2.05) is 0 Å². The lowest BCUT2D eigenvalue weighted by Crippen LogP contribution is -2.15. The lowest BCUT2D eigenvalue weighted by molar-refractivity contribution is -0.141. The Kier molecular flexibility index (Phi) is 6.01. The molecular formula is C20H11Cl2F5N2O. The van der Waals surface area contributed by atoms with Gasteiger partial charge in [-0.05, 0) is 49.4 Å². The smallest absolute Gasteiger partial charge is 0.322 e. The number of aromatic nitrogens is 1. The van der Waals surface area contributed by atoms with Crippen LogP contribution in [0.1, 0.15) is 21.7 Å². The van der Waals surface area contributed by atoms with Crippen LogP contribution in [0.25, 0.3) is 11.1 Å². The molecule has 156 valence electrons. The number of carbonyl (C=O) groups is 1. The van der Waals surface area contributed by atoms with Crippen LogP contribution in [0.5, 0.6) is 0 Å². The second kappa shape index (κ2) is 8.20. The number of pyridine rings is 1. The molecule has 0 fully saturated rings. The van der Waals surface area contributed by atoms with E-state index in [1.54, 1.807) is 0 Å². The van der Waals surface area contributed by atoms with Gasteiger partial charge in [-0.3, -0.25) is 4.79 Å². The van der Waals surface area contributed by atoms with E-state index in [0.29, 0.717) is 6.07 Å². The minimum absolute atomic E-state index is 0.0266. The van der Waals surface area contributed by atoms with Gasteiger partial charge in [-0.1, -0.05) is 23.2 Å². The molecule has 0 aliphatic carbocycles. The van der Waals surface area contributed by atoms with Gasteiger partial charge in [-0.25, -0.2) is 13.8 Å². The molecule has 3 aromatic rings. The molecule has 0 aliphatic rings. The van der Waals surface area contributed by atoms with Gasteiger partial charge in [0.2, 0.25) is 0 Å². The number of carbonyl (C=O) groups excluding carboxylic acids is 1. The van der Waals surface area contributed by atoms with Crippen molar-refractivity contribution in [2.45, 2.75) is 13.1 Å². The van der Waals surface area contributed by atoms with Crippen molar-refractivity contribution in [3.05, 3.63) is 81.1 Å². The number of rotatable bonds is 3. The summed E-state index contributed by atoms with van der Waals surface area (Å²) in [6.07, 6.45) is -4.70. The summed E-state index contributed by atoms with van der Waals surface area (Å²) in [6, 6.07) is 7.17. The van der Waals surface area contributed by atoms with Crippen LogP contribution in [0.3, 0.4) is 0 Å². The first-order valence-corrected chi connectivity index (χ1v) is 9.03. The van der Waals surface area contributed by atoms with Gasteiger partial charge >= 0.3 is 6.18 Å². The first kappa shape index (κ1) is 22.0. The highest BCUT2D eigenvalue weighted by Gasteiger charge is 2.33. The molecule has 0 aliphatic heterocycles. The average Bonchev–Trinajstić information content (AvgIpc) is 2.62. The molecular weight excluding hydrogens is 450 g/mol. The first-order valence-electron chi connectivity index (χ1n) is 8.27. The monoisotopic (exact) mass is 460 g/mol. The molecule has 2 aromatic carbocycles. The Balaban J connectivity index is 1.94. The zero-order valence-electron chi connectivity index (χ0n) is 15.0. The third-order valence-electron chi connectivity index (χ3n) is 4.02. The molecule has 0 unspecified atom stereocenters. The number of hydrogen-bond acceptors (Lipinski definition) is 2. The molecule has 10 heteroatoms. The summed E-state index contributed by atoms with van der Waals surface area (Å²) in [5.74, 6) is -2.41. The SMILES string of the molecule is Cc1cc(NC(=O)c2cc(F)c(-c3ccc(F)cc3Cl)cc2Cl)cc(C(F)(F)F)n1. The van der Waals surface area contributed by atoms with Crippen molar-refractivity contribution < 1.29 is 26.7 Å². The molecule has 0 bridgehead atoms. The number of nitrogens with zero attached hydrogens (tertiary/aromatic N) is 1. The van der Waals surface area contributed by atoms with Crippen LogP contribution in [-0.4, -0.2) is 10.9 Å². The summed E-state index contributed by atoms with van der Waals surface area (Å²) in [5, 5.41) is 2.02. The Morgan fingerprint density at radius 2 is 1.67 bits per heavy atom. The van der Waals surface area contributed by atoms with Crippen LogP contribution < -0.4 is 5.32 Å². The van der Waals surface area contributed by atoms with E-state index in [-0.39, 0.29) is 38.1 Å². The zero-order valence-corrected chi connectivity index (χ0v) is 16.6. The van der Waals surface area contributed by atoms with Crippen LogP contribution in [-0.2, 0) is 6.18 Å². The number of hydrogen-bond donors (Lipinski definition) is 1. The minimum Gasteiger partial charge on any atom is -0.322 e. The topological polar surface area (TPSA) is 42.0 Å². The molecule has 3 nitrogen and oxygen atoms in total. The Labute approximate surface area is 177 Å². The average molecular weight is 461 g/mol. The van der Waals surface area contributed by atoms with E-state index in [4.69, 9.17) is 23.2 Å². The highest BCUT2D eigenvalue weighted by Crippen LogP contribution is 2.34. The highest BCUT2D eigenvalue weighted by atomic mass is 35.5. The number of aryl methyl sites for hydroxylation is 1. The summed E-state index contributed by atoms with van der Waals surface area (Å²) >= 11 is 12.0. The Morgan fingerprint density at radius 1 is 0.967 bits per heavy atom. The van der Waals surface area contributed by atoms with Gasteiger partial charge in [0.05, 0.1) is 15.6 Å². The van der Waals surface area contributed by atoms with Gasteiger partial charge < -0.3 is 5.32 Å². The fraction of sp³-hybridized carbons (Fsp3) is 0.100. The number of anilines is 1. The highest BCUT2D eigenvalue weighted by molar-refractivity contribution is 6.35. The van der Waals surface area contributed by atoms with Crippen molar-refractivity contribution in [2.75, 3.05) is 5.32 Å². The predicted octanol–water partition coefficient (Wildman–Crippen LogP) is 6.91. The van der Waals surface area contributed by atoms with E-state index >= 15 is 0 Å². The van der Waals surface area contributed by atoms with Gasteiger partial charge in [0.25, 0.3) is 5.91 Å². The summed E-state index contributed by atoms with van der Waals surface area (Å²) in [4.78, 5) is 15.9.